The third-order valence-corrected chi connectivity index (χ3v) is 4.48. The van der Waals surface area contributed by atoms with Gasteiger partial charge in [-0.2, -0.15) is 0 Å². The Morgan fingerprint density at radius 3 is 2.95 bits per heavy atom. The summed E-state index contributed by atoms with van der Waals surface area (Å²) >= 11 is 3.37. The number of phenols is 1. The molecular weight excluding hydrogens is 333 g/mol. The lowest BCUT2D eigenvalue weighted by Gasteiger charge is -2.27. The molecule has 0 fully saturated rings. The fourth-order valence-corrected chi connectivity index (χ4v) is 3.32. The number of benzene rings is 2. The van der Waals surface area contributed by atoms with Gasteiger partial charge in [0.2, 0.25) is 0 Å². The number of fused-ring (bicyclic) bond motifs is 1. The minimum absolute atomic E-state index is 0.166. The molecule has 1 aliphatic rings. The van der Waals surface area contributed by atoms with Crippen LogP contribution in [0.5, 0.6) is 5.75 Å². The molecule has 0 aliphatic heterocycles. The molecular formula is C17H17BrFNO. The van der Waals surface area contributed by atoms with Gasteiger partial charge in [0.1, 0.15) is 11.6 Å². The van der Waals surface area contributed by atoms with Crippen molar-refractivity contribution in [1.82, 2.24) is 5.32 Å². The molecule has 3 rings (SSSR count). The van der Waals surface area contributed by atoms with Gasteiger partial charge in [0.15, 0.2) is 0 Å². The average molecular weight is 350 g/mol. The molecule has 2 nitrogen and oxygen atoms in total. The first kappa shape index (κ1) is 14.5. The van der Waals surface area contributed by atoms with Gasteiger partial charge in [-0.15, -0.1) is 0 Å². The van der Waals surface area contributed by atoms with Crippen molar-refractivity contribution in [2.75, 3.05) is 0 Å². The van der Waals surface area contributed by atoms with E-state index in [0.717, 1.165) is 29.3 Å². The topological polar surface area (TPSA) is 32.3 Å². The van der Waals surface area contributed by atoms with E-state index >= 15 is 0 Å². The van der Waals surface area contributed by atoms with Gasteiger partial charge in [0.05, 0.1) is 0 Å². The molecule has 0 saturated heterocycles. The predicted molar refractivity (Wildman–Crippen MR) is 84.7 cm³/mol. The van der Waals surface area contributed by atoms with Crippen LogP contribution in [0.1, 0.15) is 35.6 Å². The predicted octanol–water partition coefficient (Wildman–Crippen LogP) is 4.46. The maximum absolute atomic E-state index is 13.8. The normalized spacial score (nSPS) is 17.5. The number of nitrogens with one attached hydrogen (secondary N) is 1. The lowest BCUT2D eigenvalue weighted by molar-refractivity contribution is 0.441. The largest absolute Gasteiger partial charge is 0.508 e. The number of halogens is 2. The first-order valence-electron chi connectivity index (χ1n) is 7.12. The molecule has 0 spiro atoms. The zero-order valence-corrected chi connectivity index (χ0v) is 13.2. The Labute approximate surface area is 132 Å². The average Bonchev–Trinajstić information content (AvgIpc) is 2.48. The van der Waals surface area contributed by atoms with Crippen LogP contribution in [0.25, 0.3) is 0 Å². The van der Waals surface area contributed by atoms with Crippen molar-refractivity contribution in [2.24, 2.45) is 0 Å². The third kappa shape index (κ3) is 3.27. The van der Waals surface area contributed by atoms with E-state index in [1.165, 1.54) is 11.6 Å². The summed E-state index contributed by atoms with van der Waals surface area (Å²) in [4.78, 5) is 0. The van der Waals surface area contributed by atoms with Crippen LogP contribution >= 0.6 is 15.9 Å². The van der Waals surface area contributed by atoms with Crippen LogP contribution < -0.4 is 5.32 Å². The smallest absolute Gasteiger partial charge is 0.127 e. The van der Waals surface area contributed by atoms with E-state index in [1.807, 2.05) is 12.1 Å². The molecule has 0 radical (unpaired) electrons. The zero-order chi connectivity index (χ0) is 14.8. The van der Waals surface area contributed by atoms with Gasteiger partial charge < -0.3 is 10.4 Å². The molecule has 0 amide bonds. The van der Waals surface area contributed by atoms with Gasteiger partial charge in [-0.25, -0.2) is 4.39 Å². The second-order valence-corrected chi connectivity index (χ2v) is 6.36. The SMILES string of the molecule is Oc1ccc2c(c1)C(NCc1cc(Br)ccc1F)CCC2. The van der Waals surface area contributed by atoms with Crippen molar-refractivity contribution < 1.29 is 9.50 Å². The second-order valence-electron chi connectivity index (χ2n) is 5.44. The molecule has 21 heavy (non-hydrogen) atoms. The third-order valence-electron chi connectivity index (χ3n) is 3.99. The lowest BCUT2D eigenvalue weighted by atomic mass is 9.87. The number of hydrogen-bond acceptors (Lipinski definition) is 2. The molecule has 110 valence electrons. The molecule has 2 N–H and O–H groups in total. The van der Waals surface area contributed by atoms with E-state index in [9.17, 15) is 9.50 Å². The highest BCUT2D eigenvalue weighted by molar-refractivity contribution is 9.10. The fraction of sp³-hybridized carbons (Fsp3) is 0.294. The van der Waals surface area contributed by atoms with Crippen molar-refractivity contribution in [1.29, 1.82) is 0 Å². The standard InChI is InChI=1S/C17H17BrFNO/c18-13-5-7-16(19)12(8-13)10-20-17-3-1-2-11-4-6-14(21)9-15(11)17/h4-9,17,20-21H,1-3,10H2. The van der Waals surface area contributed by atoms with Crippen molar-refractivity contribution in [3.05, 3.63) is 63.4 Å². The maximum atomic E-state index is 13.8. The summed E-state index contributed by atoms with van der Waals surface area (Å²) in [6, 6.07) is 10.7. The van der Waals surface area contributed by atoms with Crippen molar-refractivity contribution in [3.8, 4) is 5.75 Å². The monoisotopic (exact) mass is 349 g/mol. The molecule has 2 aromatic carbocycles. The Morgan fingerprint density at radius 1 is 1.24 bits per heavy atom. The Kier molecular flexibility index (Phi) is 4.27. The first-order valence-corrected chi connectivity index (χ1v) is 7.92. The summed E-state index contributed by atoms with van der Waals surface area (Å²) in [5.41, 5.74) is 3.06. The summed E-state index contributed by atoms with van der Waals surface area (Å²) in [6.07, 6.45) is 3.15. The second kappa shape index (κ2) is 6.16. The van der Waals surface area contributed by atoms with Crippen LogP contribution in [0.3, 0.4) is 0 Å². The highest BCUT2D eigenvalue weighted by Gasteiger charge is 2.20. The van der Waals surface area contributed by atoms with E-state index in [4.69, 9.17) is 0 Å². The van der Waals surface area contributed by atoms with E-state index in [-0.39, 0.29) is 17.6 Å². The summed E-state index contributed by atoms with van der Waals surface area (Å²) < 4.78 is 14.7. The van der Waals surface area contributed by atoms with Gasteiger partial charge in [-0.1, -0.05) is 22.0 Å². The van der Waals surface area contributed by atoms with Crippen molar-refractivity contribution in [3.63, 3.8) is 0 Å². The summed E-state index contributed by atoms with van der Waals surface area (Å²) in [5.74, 6) is 0.0914. The van der Waals surface area contributed by atoms with Crippen molar-refractivity contribution >= 4 is 15.9 Å². The summed E-state index contributed by atoms with van der Waals surface area (Å²) in [5, 5.41) is 13.1. The number of hydrogen-bond donors (Lipinski definition) is 2. The molecule has 0 bridgehead atoms. The number of aryl methyl sites for hydroxylation is 1. The van der Waals surface area contributed by atoms with Crippen LogP contribution in [0.2, 0.25) is 0 Å². The fourth-order valence-electron chi connectivity index (χ4n) is 2.91. The lowest BCUT2D eigenvalue weighted by Crippen LogP contribution is -2.25. The summed E-state index contributed by atoms with van der Waals surface area (Å²) in [6.45, 7) is 0.477. The van der Waals surface area contributed by atoms with E-state index in [2.05, 4.69) is 21.2 Å². The van der Waals surface area contributed by atoms with Crippen LogP contribution in [-0.2, 0) is 13.0 Å². The Morgan fingerprint density at radius 2 is 2.10 bits per heavy atom. The van der Waals surface area contributed by atoms with Crippen molar-refractivity contribution in [2.45, 2.75) is 31.8 Å². The number of phenolic OH excluding ortho intramolecular Hbond substituents is 1. The van der Waals surface area contributed by atoms with Gasteiger partial charge in [-0.3, -0.25) is 0 Å². The maximum Gasteiger partial charge on any atom is 0.127 e. The minimum Gasteiger partial charge on any atom is -0.508 e. The Balaban J connectivity index is 1.78. The molecule has 1 unspecified atom stereocenters. The molecule has 0 heterocycles. The Hall–Kier alpha value is -1.39. The van der Waals surface area contributed by atoms with Gasteiger partial charge in [-0.05, 0) is 60.7 Å². The van der Waals surface area contributed by atoms with Crippen LogP contribution in [-0.4, -0.2) is 5.11 Å². The number of rotatable bonds is 3. The molecule has 2 aromatic rings. The molecule has 0 aromatic heterocycles. The summed E-state index contributed by atoms with van der Waals surface area (Å²) in [7, 11) is 0. The quantitative estimate of drug-likeness (QED) is 0.857. The Bertz CT molecular complexity index is 659. The molecule has 4 heteroatoms. The van der Waals surface area contributed by atoms with Crippen LogP contribution in [0.4, 0.5) is 4.39 Å². The number of aromatic hydroxyl groups is 1. The van der Waals surface area contributed by atoms with Gasteiger partial charge >= 0.3 is 0 Å². The minimum atomic E-state index is -0.197. The highest BCUT2D eigenvalue weighted by Crippen LogP contribution is 2.32. The van der Waals surface area contributed by atoms with Crippen LogP contribution in [0, 0.1) is 5.82 Å². The molecule has 1 atom stereocenters. The first-order chi connectivity index (χ1) is 10.1. The van der Waals surface area contributed by atoms with Gasteiger partial charge in [0.25, 0.3) is 0 Å². The molecule has 1 aliphatic carbocycles. The van der Waals surface area contributed by atoms with Gasteiger partial charge in [0, 0.05) is 22.6 Å². The van der Waals surface area contributed by atoms with E-state index in [1.54, 1.807) is 18.2 Å². The van der Waals surface area contributed by atoms with E-state index < -0.39 is 0 Å². The zero-order valence-electron chi connectivity index (χ0n) is 11.6. The highest BCUT2D eigenvalue weighted by atomic mass is 79.9. The van der Waals surface area contributed by atoms with E-state index in [0.29, 0.717) is 12.1 Å². The molecule has 0 saturated carbocycles. The van der Waals surface area contributed by atoms with Crippen LogP contribution in [0.15, 0.2) is 40.9 Å².